The first-order chi connectivity index (χ1) is 13.0. The van der Waals surface area contributed by atoms with E-state index in [0.29, 0.717) is 22.6 Å². The normalized spacial score (nSPS) is 12.0. The van der Waals surface area contributed by atoms with Crippen LogP contribution in [0.2, 0.25) is 0 Å². The third-order valence-electron chi connectivity index (χ3n) is 3.77. The van der Waals surface area contributed by atoms with E-state index in [1.807, 2.05) is 0 Å². The van der Waals surface area contributed by atoms with Crippen LogP contribution < -0.4 is 5.43 Å². The highest BCUT2D eigenvalue weighted by Crippen LogP contribution is 2.22. The number of nitrogens with one attached hydrogen (secondary N) is 1. The highest BCUT2D eigenvalue weighted by atomic mass is 16.4. The van der Waals surface area contributed by atoms with Crippen LogP contribution in [-0.2, 0) is 4.79 Å². The summed E-state index contributed by atoms with van der Waals surface area (Å²) < 4.78 is 5.59. The molecule has 1 aromatic heterocycles. The molecule has 0 bridgehead atoms. The summed E-state index contributed by atoms with van der Waals surface area (Å²) in [6.07, 6.45) is -0.00617. The maximum Gasteiger partial charge on any atom is 0.335 e. The Bertz CT molecular complexity index is 962. The van der Waals surface area contributed by atoms with Crippen molar-refractivity contribution in [2.45, 2.75) is 6.10 Å². The third kappa shape index (κ3) is 4.47. The number of hydrogen-bond donors (Lipinski definition) is 3. The van der Waals surface area contributed by atoms with Crippen molar-refractivity contribution in [3.05, 3.63) is 83.6 Å². The molecule has 0 aliphatic rings. The number of aliphatic hydroxyl groups is 1. The van der Waals surface area contributed by atoms with Crippen molar-refractivity contribution in [1.82, 2.24) is 5.43 Å². The van der Waals surface area contributed by atoms with Crippen molar-refractivity contribution in [3.63, 3.8) is 0 Å². The molecule has 1 amide bonds. The Hall–Kier alpha value is -3.71. The maximum atomic E-state index is 11.9. The number of benzene rings is 2. The Morgan fingerprint density at radius 2 is 1.70 bits per heavy atom. The monoisotopic (exact) mass is 364 g/mol. The smallest absolute Gasteiger partial charge is 0.335 e. The number of carbonyl (C=O) groups excluding carboxylic acids is 1. The van der Waals surface area contributed by atoms with E-state index in [1.54, 1.807) is 54.6 Å². The fourth-order valence-corrected chi connectivity index (χ4v) is 2.36. The van der Waals surface area contributed by atoms with Gasteiger partial charge in [-0.3, -0.25) is 4.79 Å². The van der Waals surface area contributed by atoms with Crippen molar-refractivity contribution >= 4 is 18.1 Å². The number of amides is 1. The molecule has 0 unspecified atom stereocenters. The van der Waals surface area contributed by atoms with Crippen LogP contribution in [-0.4, -0.2) is 28.3 Å². The molecule has 0 aliphatic carbocycles. The lowest BCUT2D eigenvalue weighted by Crippen LogP contribution is -2.25. The van der Waals surface area contributed by atoms with Crippen molar-refractivity contribution in [2.24, 2.45) is 5.10 Å². The van der Waals surface area contributed by atoms with Gasteiger partial charge in [0.05, 0.1) is 11.8 Å². The van der Waals surface area contributed by atoms with E-state index in [2.05, 4.69) is 10.5 Å². The average Bonchev–Trinajstić information content (AvgIpc) is 3.17. The Balaban J connectivity index is 1.62. The van der Waals surface area contributed by atoms with Gasteiger partial charge in [-0.15, -0.1) is 0 Å². The first-order valence-electron chi connectivity index (χ1n) is 8.04. The lowest BCUT2D eigenvalue weighted by molar-refractivity contribution is -0.129. The maximum absolute atomic E-state index is 11.9. The minimum Gasteiger partial charge on any atom is -0.478 e. The van der Waals surface area contributed by atoms with Gasteiger partial charge in [-0.1, -0.05) is 42.5 Å². The van der Waals surface area contributed by atoms with E-state index in [4.69, 9.17) is 9.52 Å². The van der Waals surface area contributed by atoms with Gasteiger partial charge in [-0.25, -0.2) is 10.2 Å². The van der Waals surface area contributed by atoms with Gasteiger partial charge in [-0.05, 0) is 29.8 Å². The van der Waals surface area contributed by atoms with Gasteiger partial charge in [0.2, 0.25) is 0 Å². The zero-order chi connectivity index (χ0) is 19.2. The predicted molar refractivity (Wildman–Crippen MR) is 98.2 cm³/mol. The molecule has 7 heteroatoms. The summed E-state index contributed by atoms with van der Waals surface area (Å²) in [5.41, 5.74) is 3.62. The van der Waals surface area contributed by atoms with Gasteiger partial charge in [0.1, 0.15) is 11.5 Å². The zero-order valence-corrected chi connectivity index (χ0v) is 14.1. The van der Waals surface area contributed by atoms with Crippen LogP contribution in [0.3, 0.4) is 0 Å². The molecule has 3 N–H and O–H groups in total. The first-order valence-corrected chi connectivity index (χ1v) is 8.04. The minimum absolute atomic E-state index is 0.187. The van der Waals surface area contributed by atoms with Crippen LogP contribution in [0.25, 0.3) is 11.3 Å². The number of carboxylic acid groups (broad SMARTS) is 1. The molecule has 0 saturated carbocycles. The van der Waals surface area contributed by atoms with Crippen LogP contribution in [0.5, 0.6) is 0 Å². The molecular formula is C20H16N2O5. The lowest BCUT2D eigenvalue weighted by atomic mass is 10.1. The van der Waals surface area contributed by atoms with E-state index in [9.17, 15) is 14.7 Å². The zero-order valence-electron chi connectivity index (χ0n) is 14.1. The standard InChI is InChI=1S/C20H16N2O5/c23-18(14-4-2-1-3-5-14)19(24)22-21-12-16-10-11-17(27-16)13-6-8-15(9-7-13)20(25)26/h1-12,18,23H,(H,22,24)(H,25,26)/b21-12-/t18-/m0/s1. The molecule has 1 heterocycles. The Kier molecular flexibility index (Phi) is 5.44. The van der Waals surface area contributed by atoms with E-state index in [1.165, 1.54) is 18.3 Å². The molecule has 136 valence electrons. The topological polar surface area (TPSA) is 112 Å². The van der Waals surface area contributed by atoms with Crippen molar-refractivity contribution < 1.29 is 24.2 Å². The van der Waals surface area contributed by atoms with Crippen LogP contribution in [0.4, 0.5) is 0 Å². The van der Waals surface area contributed by atoms with Gasteiger partial charge in [0.15, 0.2) is 6.10 Å². The van der Waals surface area contributed by atoms with Gasteiger partial charge < -0.3 is 14.6 Å². The Morgan fingerprint density at radius 1 is 1.00 bits per heavy atom. The average molecular weight is 364 g/mol. The highest BCUT2D eigenvalue weighted by molar-refractivity contribution is 5.88. The lowest BCUT2D eigenvalue weighted by Gasteiger charge is -2.08. The number of rotatable bonds is 6. The van der Waals surface area contributed by atoms with Crippen molar-refractivity contribution in [3.8, 4) is 11.3 Å². The van der Waals surface area contributed by atoms with Crippen LogP contribution in [0, 0.1) is 0 Å². The van der Waals surface area contributed by atoms with Crippen molar-refractivity contribution in [2.75, 3.05) is 0 Å². The largest absolute Gasteiger partial charge is 0.478 e. The van der Waals surface area contributed by atoms with Crippen LogP contribution >= 0.6 is 0 Å². The van der Waals surface area contributed by atoms with Crippen LogP contribution in [0.1, 0.15) is 27.8 Å². The summed E-state index contributed by atoms with van der Waals surface area (Å²) in [7, 11) is 0. The molecule has 3 aromatic rings. The fraction of sp³-hybridized carbons (Fsp3) is 0.0500. The molecule has 0 aliphatic heterocycles. The molecular weight excluding hydrogens is 348 g/mol. The Morgan fingerprint density at radius 3 is 2.37 bits per heavy atom. The number of nitrogens with zero attached hydrogens (tertiary/aromatic N) is 1. The van der Waals surface area contributed by atoms with Crippen LogP contribution in [0.15, 0.2) is 76.2 Å². The van der Waals surface area contributed by atoms with Gasteiger partial charge in [0, 0.05) is 5.56 Å². The molecule has 7 nitrogen and oxygen atoms in total. The second-order valence-corrected chi connectivity index (χ2v) is 5.63. The van der Waals surface area contributed by atoms with E-state index in [0.717, 1.165) is 0 Å². The second kappa shape index (κ2) is 8.11. The van der Waals surface area contributed by atoms with E-state index in [-0.39, 0.29) is 5.56 Å². The van der Waals surface area contributed by atoms with E-state index < -0.39 is 18.0 Å². The number of aliphatic hydroxyl groups excluding tert-OH is 1. The Labute approximate surface area is 154 Å². The number of aromatic carboxylic acids is 1. The van der Waals surface area contributed by atoms with Gasteiger partial charge in [0.25, 0.3) is 5.91 Å². The summed E-state index contributed by atoms with van der Waals surface area (Å²) >= 11 is 0. The number of hydrogen-bond acceptors (Lipinski definition) is 5. The summed E-state index contributed by atoms with van der Waals surface area (Å²) in [6.45, 7) is 0. The number of carboxylic acids is 1. The summed E-state index contributed by atoms with van der Waals surface area (Å²) in [6, 6.07) is 18.1. The SMILES string of the molecule is O=C(O)c1ccc(-c2ccc(/C=N\NC(=O)[C@@H](O)c3ccccc3)o2)cc1. The minimum atomic E-state index is -1.32. The predicted octanol–water partition coefficient (Wildman–Crippen LogP) is 2.83. The number of furan rings is 1. The number of carbonyl (C=O) groups is 2. The molecule has 27 heavy (non-hydrogen) atoms. The highest BCUT2D eigenvalue weighted by Gasteiger charge is 2.16. The third-order valence-corrected chi connectivity index (χ3v) is 3.77. The van der Waals surface area contributed by atoms with Crippen molar-refractivity contribution in [1.29, 1.82) is 0 Å². The van der Waals surface area contributed by atoms with Gasteiger partial charge in [-0.2, -0.15) is 5.10 Å². The molecule has 0 saturated heterocycles. The molecule has 1 atom stereocenters. The quantitative estimate of drug-likeness (QED) is 0.460. The summed E-state index contributed by atoms with van der Waals surface area (Å²) in [5.74, 6) is -0.735. The summed E-state index contributed by atoms with van der Waals surface area (Å²) in [4.78, 5) is 22.8. The molecule has 0 fully saturated rings. The second-order valence-electron chi connectivity index (χ2n) is 5.63. The molecule has 0 spiro atoms. The van der Waals surface area contributed by atoms with E-state index >= 15 is 0 Å². The molecule has 2 aromatic carbocycles. The molecule has 3 rings (SSSR count). The summed E-state index contributed by atoms with van der Waals surface area (Å²) in [5, 5.41) is 22.6. The number of hydrazone groups is 1. The van der Waals surface area contributed by atoms with Gasteiger partial charge >= 0.3 is 5.97 Å². The first kappa shape index (κ1) is 18.1. The molecule has 0 radical (unpaired) electrons. The fourth-order valence-electron chi connectivity index (χ4n) is 2.36.